The zero-order chi connectivity index (χ0) is 12.8. The quantitative estimate of drug-likeness (QED) is 0.830. The molecule has 1 aromatic carbocycles. The molecular weight excluding hydrogens is 210 g/mol. The molecule has 0 saturated heterocycles. The predicted octanol–water partition coefficient (Wildman–Crippen LogP) is 3.34. The summed E-state index contributed by atoms with van der Waals surface area (Å²) in [6, 6.07) is 10.4. The van der Waals surface area contributed by atoms with E-state index >= 15 is 0 Å². The van der Waals surface area contributed by atoms with E-state index in [1.54, 1.807) is 0 Å². The summed E-state index contributed by atoms with van der Waals surface area (Å²) in [7, 11) is 0. The van der Waals surface area contributed by atoms with Gasteiger partial charge in [0, 0.05) is 12.5 Å². The first-order valence-electron chi connectivity index (χ1n) is 6.35. The van der Waals surface area contributed by atoms with Gasteiger partial charge in [-0.15, -0.1) is 0 Å². The van der Waals surface area contributed by atoms with Crippen LogP contribution < -0.4 is 5.32 Å². The van der Waals surface area contributed by atoms with Crippen LogP contribution in [0.5, 0.6) is 0 Å². The van der Waals surface area contributed by atoms with Crippen molar-refractivity contribution in [3.8, 4) is 0 Å². The number of carbonyl (C=O) groups is 1. The summed E-state index contributed by atoms with van der Waals surface area (Å²) < 4.78 is 0. The number of hydrogen-bond donors (Lipinski definition) is 1. The van der Waals surface area contributed by atoms with Crippen LogP contribution in [0.25, 0.3) is 0 Å². The minimum atomic E-state index is 0.141. The standard InChI is InChI=1S/C15H23NO/c1-11(2)13(4)16-15(17)10-12(3)14-8-6-5-7-9-14/h5-9,11-13H,10H2,1-4H3,(H,16,17). The Kier molecular flexibility index (Phi) is 5.20. The first kappa shape index (κ1) is 13.8. The zero-order valence-corrected chi connectivity index (χ0v) is 11.2. The van der Waals surface area contributed by atoms with Crippen molar-refractivity contribution in [2.75, 3.05) is 0 Å². The third-order valence-corrected chi connectivity index (χ3v) is 3.25. The summed E-state index contributed by atoms with van der Waals surface area (Å²) in [5, 5.41) is 3.04. The average molecular weight is 233 g/mol. The van der Waals surface area contributed by atoms with E-state index in [1.807, 2.05) is 18.2 Å². The van der Waals surface area contributed by atoms with Crippen molar-refractivity contribution in [2.24, 2.45) is 5.92 Å². The summed E-state index contributed by atoms with van der Waals surface area (Å²) in [4.78, 5) is 11.8. The maximum atomic E-state index is 11.8. The van der Waals surface area contributed by atoms with Gasteiger partial charge in [-0.3, -0.25) is 4.79 Å². The highest BCUT2D eigenvalue weighted by Gasteiger charge is 2.14. The Morgan fingerprint density at radius 3 is 2.24 bits per heavy atom. The first-order valence-corrected chi connectivity index (χ1v) is 6.35. The Balaban J connectivity index is 2.47. The number of nitrogens with one attached hydrogen (secondary N) is 1. The van der Waals surface area contributed by atoms with Gasteiger partial charge in [-0.05, 0) is 24.3 Å². The van der Waals surface area contributed by atoms with Crippen molar-refractivity contribution in [2.45, 2.75) is 46.1 Å². The van der Waals surface area contributed by atoms with Gasteiger partial charge in [0.15, 0.2) is 0 Å². The third-order valence-electron chi connectivity index (χ3n) is 3.25. The van der Waals surface area contributed by atoms with E-state index in [2.05, 4.69) is 45.1 Å². The van der Waals surface area contributed by atoms with Crippen molar-refractivity contribution in [3.63, 3.8) is 0 Å². The topological polar surface area (TPSA) is 29.1 Å². The fraction of sp³-hybridized carbons (Fsp3) is 0.533. The molecule has 0 radical (unpaired) electrons. The first-order chi connectivity index (χ1) is 8.00. The minimum Gasteiger partial charge on any atom is -0.353 e. The molecule has 1 rings (SSSR count). The van der Waals surface area contributed by atoms with E-state index < -0.39 is 0 Å². The maximum absolute atomic E-state index is 11.8. The van der Waals surface area contributed by atoms with Crippen LogP contribution in [0.3, 0.4) is 0 Å². The van der Waals surface area contributed by atoms with Crippen LogP contribution in [0, 0.1) is 5.92 Å². The molecule has 0 aliphatic rings. The summed E-state index contributed by atoms with van der Waals surface area (Å²) in [5.74, 6) is 0.893. The van der Waals surface area contributed by atoms with Gasteiger partial charge >= 0.3 is 0 Å². The molecule has 17 heavy (non-hydrogen) atoms. The van der Waals surface area contributed by atoms with Gasteiger partial charge in [0.2, 0.25) is 5.91 Å². The van der Waals surface area contributed by atoms with Crippen molar-refractivity contribution in [1.29, 1.82) is 0 Å². The Labute approximate surface area is 104 Å². The molecule has 2 unspecified atom stereocenters. The Bertz CT molecular complexity index is 345. The van der Waals surface area contributed by atoms with E-state index in [0.29, 0.717) is 12.3 Å². The molecular formula is C15H23NO. The highest BCUT2D eigenvalue weighted by atomic mass is 16.1. The van der Waals surface area contributed by atoms with Gasteiger partial charge in [-0.25, -0.2) is 0 Å². The normalized spacial score (nSPS) is 14.4. The Morgan fingerprint density at radius 1 is 1.12 bits per heavy atom. The fourth-order valence-electron chi connectivity index (χ4n) is 1.66. The lowest BCUT2D eigenvalue weighted by atomic mass is 9.97. The molecule has 0 aromatic heterocycles. The third kappa shape index (κ3) is 4.59. The second kappa shape index (κ2) is 6.43. The molecule has 2 nitrogen and oxygen atoms in total. The fourth-order valence-corrected chi connectivity index (χ4v) is 1.66. The van der Waals surface area contributed by atoms with E-state index in [4.69, 9.17) is 0 Å². The van der Waals surface area contributed by atoms with Crippen molar-refractivity contribution >= 4 is 5.91 Å². The Morgan fingerprint density at radius 2 is 1.71 bits per heavy atom. The molecule has 0 spiro atoms. The average Bonchev–Trinajstić information content (AvgIpc) is 2.29. The molecule has 0 aliphatic heterocycles. The molecule has 0 heterocycles. The zero-order valence-electron chi connectivity index (χ0n) is 11.2. The largest absolute Gasteiger partial charge is 0.353 e. The van der Waals surface area contributed by atoms with Crippen LogP contribution in [-0.4, -0.2) is 11.9 Å². The highest BCUT2D eigenvalue weighted by molar-refractivity contribution is 5.77. The van der Waals surface area contributed by atoms with E-state index in [9.17, 15) is 4.79 Å². The van der Waals surface area contributed by atoms with Crippen LogP contribution in [0.1, 0.15) is 45.6 Å². The molecule has 94 valence electrons. The molecule has 0 bridgehead atoms. The van der Waals surface area contributed by atoms with E-state index in [1.165, 1.54) is 5.56 Å². The van der Waals surface area contributed by atoms with Crippen molar-refractivity contribution in [1.82, 2.24) is 5.32 Å². The molecule has 1 aromatic rings. The van der Waals surface area contributed by atoms with Crippen molar-refractivity contribution < 1.29 is 4.79 Å². The molecule has 2 heteroatoms. The van der Waals surface area contributed by atoms with Gasteiger partial charge in [-0.2, -0.15) is 0 Å². The summed E-state index contributed by atoms with van der Waals surface area (Å²) in [6.45, 7) is 8.38. The van der Waals surface area contributed by atoms with Gasteiger partial charge in [-0.1, -0.05) is 51.1 Å². The van der Waals surface area contributed by atoms with Gasteiger partial charge in [0.1, 0.15) is 0 Å². The molecule has 1 N–H and O–H groups in total. The molecule has 0 fully saturated rings. The van der Waals surface area contributed by atoms with Crippen LogP contribution in [-0.2, 0) is 4.79 Å². The molecule has 2 atom stereocenters. The maximum Gasteiger partial charge on any atom is 0.220 e. The smallest absolute Gasteiger partial charge is 0.220 e. The summed E-state index contributed by atoms with van der Waals surface area (Å²) in [6.07, 6.45) is 0.557. The van der Waals surface area contributed by atoms with E-state index in [-0.39, 0.29) is 17.9 Å². The minimum absolute atomic E-state index is 0.141. The Hall–Kier alpha value is -1.31. The SMILES string of the molecule is CC(CC(=O)NC(C)C(C)C)c1ccccc1. The van der Waals surface area contributed by atoms with Crippen LogP contribution in [0.4, 0.5) is 0 Å². The number of carbonyl (C=O) groups excluding carboxylic acids is 1. The second-order valence-corrected chi connectivity index (χ2v) is 5.12. The molecule has 0 saturated carbocycles. The molecule has 1 amide bonds. The van der Waals surface area contributed by atoms with Gasteiger partial charge in [0.25, 0.3) is 0 Å². The van der Waals surface area contributed by atoms with E-state index in [0.717, 1.165) is 0 Å². The van der Waals surface area contributed by atoms with Crippen LogP contribution in [0.15, 0.2) is 30.3 Å². The van der Waals surface area contributed by atoms with Crippen LogP contribution in [0.2, 0.25) is 0 Å². The lowest BCUT2D eigenvalue weighted by molar-refractivity contribution is -0.122. The van der Waals surface area contributed by atoms with Gasteiger partial charge in [0.05, 0.1) is 0 Å². The predicted molar refractivity (Wildman–Crippen MR) is 71.9 cm³/mol. The summed E-state index contributed by atoms with van der Waals surface area (Å²) >= 11 is 0. The van der Waals surface area contributed by atoms with Crippen molar-refractivity contribution in [3.05, 3.63) is 35.9 Å². The summed E-state index contributed by atoms with van der Waals surface area (Å²) in [5.41, 5.74) is 1.22. The lowest BCUT2D eigenvalue weighted by Gasteiger charge is -2.19. The second-order valence-electron chi connectivity index (χ2n) is 5.12. The lowest BCUT2D eigenvalue weighted by Crippen LogP contribution is -2.36. The molecule has 0 aliphatic carbocycles. The van der Waals surface area contributed by atoms with Crippen LogP contribution >= 0.6 is 0 Å². The monoisotopic (exact) mass is 233 g/mol. The highest BCUT2D eigenvalue weighted by Crippen LogP contribution is 2.18. The van der Waals surface area contributed by atoms with Gasteiger partial charge < -0.3 is 5.32 Å². The number of amides is 1. The number of hydrogen-bond acceptors (Lipinski definition) is 1. The number of rotatable bonds is 5. The number of benzene rings is 1.